The van der Waals surface area contributed by atoms with Gasteiger partial charge in [-0.2, -0.15) is 0 Å². The highest BCUT2D eigenvalue weighted by atomic mass is 32.2. The topological polar surface area (TPSA) is 75.2 Å². The number of aromatic nitrogens is 3. The first-order chi connectivity index (χ1) is 19.7. The summed E-state index contributed by atoms with van der Waals surface area (Å²) in [6.45, 7) is 3.63. The van der Waals surface area contributed by atoms with E-state index in [1.54, 1.807) is 29.6 Å². The summed E-state index contributed by atoms with van der Waals surface area (Å²) in [4.78, 5) is 27.1. The molecule has 9 heteroatoms. The van der Waals surface area contributed by atoms with Crippen molar-refractivity contribution in [3.8, 4) is 16.9 Å². The Kier molecular flexibility index (Phi) is 6.85. The fourth-order valence-corrected chi connectivity index (χ4v) is 7.44. The number of fused-ring (bicyclic) bond motifs is 2. The fourth-order valence-electron chi connectivity index (χ4n) is 5.02. The molecule has 2 aromatic carbocycles. The first-order valence-electron chi connectivity index (χ1n) is 13.2. The molecule has 2 aliphatic heterocycles. The highest BCUT2D eigenvalue weighted by molar-refractivity contribution is 8.05. The summed E-state index contributed by atoms with van der Waals surface area (Å²) in [6.07, 6.45) is 7.82. The predicted octanol–water partition coefficient (Wildman–Crippen LogP) is 6.29. The molecule has 0 aliphatic carbocycles. The van der Waals surface area contributed by atoms with Gasteiger partial charge in [-0.3, -0.25) is 9.78 Å². The van der Waals surface area contributed by atoms with Crippen LogP contribution in [-0.2, 0) is 11.3 Å². The van der Waals surface area contributed by atoms with Gasteiger partial charge in [-0.25, -0.2) is 0 Å². The average Bonchev–Trinajstić information content (AvgIpc) is 3.54. The van der Waals surface area contributed by atoms with Crippen molar-refractivity contribution in [2.24, 2.45) is 0 Å². The van der Waals surface area contributed by atoms with Crippen LogP contribution < -0.4 is 15.8 Å². The van der Waals surface area contributed by atoms with Crippen molar-refractivity contribution in [1.29, 1.82) is 0 Å². The van der Waals surface area contributed by atoms with Gasteiger partial charge in [0.2, 0.25) is 5.56 Å². The second-order valence-corrected chi connectivity index (χ2v) is 11.8. The first kappa shape index (κ1) is 25.1. The number of aromatic amines is 1. The zero-order valence-electron chi connectivity index (χ0n) is 21.7. The summed E-state index contributed by atoms with van der Waals surface area (Å²) < 4.78 is 7.56. The number of hydrogen-bond donors (Lipinski definition) is 2. The third kappa shape index (κ3) is 5.15. The van der Waals surface area contributed by atoms with Crippen LogP contribution in [0.5, 0.6) is 0 Å². The third-order valence-corrected chi connectivity index (χ3v) is 9.63. The molecule has 7 rings (SSSR count). The van der Waals surface area contributed by atoms with Crippen molar-refractivity contribution in [3.05, 3.63) is 107 Å². The number of morpholine rings is 1. The van der Waals surface area contributed by atoms with E-state index in [2.05, 4.69) is 73.3 Å². The summed E-state index contributed by atoms with van der Waals surface area (Å²) >= 11 is 3.53. The van der Waals surface area contributed by atoms with E-state index in [4.69, 9.17) is 4.74 Å². The van der Waals surface area contributed by atoms with Gasteiger partial charge in [0, 0.05) is 80.8 Å². The number of hydrogen-bond acceptors (Lipinski definition) is 7. The van der Waals surface area contributed by atoms with E-state index in [1.807, 2.05) is 36.9 Å². The summed E-state index contributed by atoms with van der Waals surface area (Å²) in [5.74, 6) is 0. The number of pyridine rings is 2. The number of anilines is 2. The van der Waals surface area contributed by atoms with Crippen LogP contribution >= 0.6 is 23.5 Å². The fraction of sp³-hybridized carbons (Fsp3) is 0.161. The molecule has 0 atom stereocenters. The summed E-state index contributed by atoms with van der Waals surface area (Å²) in [5.41, 5.74) is 5.98. The molecule has 0 unspecified atom stereocenters. The summed E-state index contributed by atoms with van der Waals surface area (Å²) in [7, 11) is 0. The first-order valence-corrected chi connectivity index (χ1v) is 14.8. The molecule has 0 spiro atoms. The van der Waals surface area contributed by atoms with Crippen LogP contribution in [0.25, 0.3) is 16.9 Å². The van der Waals surface area contributed by atoms with Gasteiger partial charge in [-0.1, -0.05) is 35.7 Å². The molecule has 0 bridgehead atoms. The smallest absolute Gasteiger partial charge is 0.250 e. The monoisotopic (exact) mass is 565 g/mol. The molecule has 0 amide bonds. The lowest BCUT2D eigenvalue weighted by Gasteiger charge is -2.29. The van der Waals surface area contributed by atoms with Crippen molar-refractivity contribution < 1.29 is 4.74 Å². The minimum atomic E-state index is -0.0877. The number of H-pyrrole nitrogens is 1. The Balaban J connectivity index is 1.11. The van der Waals surface area contributed by atoms with Gasteiger partial charge in [0.15, 0.2) is 0 Å². The maximum Gasteiger partial charge on any atom is 0.250 e. The number of ether oxygens (including phenoxy) is 1. The van der Waals surface area contributed by atoms with E-state index in [1.165, 1.54) is 19.6 Å². The lowest BCUT2D eigenvalue weighted by Crippen LogP contribution is -2.36. The second-order valence-electron chi connectivity index (χ2n) is 9.71. The van der Waals surface area contributed by atoms with Crippen LogP contribution in [0.3, 0.4) is 0 Å². The summed E-state index contributed by atoms with van der Waals surface area (Å²) in [5, 5.41) is 3.56. The van der Waals surface area contributed by atoms with E-state index < -0.39 is 0 Å². The molecule has 0 radical (unpaired) electrons. The molecule has 200 valence electrons. The van der Waals surface area contributed by atoms with Gasteiger partial charge >= 0.3 is 0 Å². The Hall–Kier alpha value is -3.92. The quantitative estimate of drug-likeness (QED) is 0.246. The SMILES string of the molecule is O=c1cc(N2CCOCC2)cc(-c2cccc3c2Sc2ccc(NCc4cncc(-n5cccc5)c4)cc2S3)[nH]1. The standard InChI is InChI=1S/C31H27N5O2S2/c37-30-17-23(36-10-12-38-13-11-36)16-26(34-30)25-4-3-5-28-31(25)40-27-7-6-22(15-29(27)39-28)33-19-21-14-24(20-32-18-21)35-8-1-2-9-35/h1-9,14-18,20,33H,10-13,19H2,(H,34,37). The molecule has 5 aromatic rings. The molecule has 5 heterocycles. The van der Waals surface area contributed by atoms with Crippen LogP contribution in [-0.4, -0.2) is 40.8 Å². The number of nitrogens with zero attached hydrogens (tertiary/aromatic N) is 3. The molecular weight excluding hydrogens is 539 g/mol. The van der Waals surface area contributed by atoms with Crippen LogP contribution in [0.4, 0.5) is 11.4 Å². The van der Waals surface area contributed by atoms with Gasteiger partial charge in [0.1, 0.15) is 0 Å². The molecule has 0 saturated carbocycles. The predicted molar refractivity (Wildman–Crippen MR) is 161 cm³/mol. The molecular formula is C31H27N5O2S2. The molecule has 1 fully saturated rings. The maximum absolute atomic E-state index is 12.6. The zero-order valence-corrected chi connectivity index (χ0v) is 23.3. The average molecular weight is 566 g/mol. The van der Waals surface area contributed by atoms with Crippen molar-refractivity contribution in [2.45, 2.75) is 26.1 Å². The van der Waals surface area contributed by atoms with E-state index in [9.17, 15) is 4.79 Å². The number of rotatable bonds is 6. The number of benzene rings is 2. The molecule has 2 aliphatic rings. The van der Waals surface area contributed by atoms with E-state index in [0.29, 0.717) is 19.8 Å². The minimum absolute atomic E-state index is 0.0877. The van der Waals surface area contributed by atoms with Crippen molar-refractivity contribution >= 4 is 34.9 Å². The molecule has 7 nitrogen and oxygen atoms in total. The Morgan fingerprint density at radius 1 is 0.875 bits per heavy atom. The van der Waals surface area contributed by atoms with Gasteiger partial charge in [-0.05, 0) is 54.1 Å². The van der Waals surface area contributed by atoms with Crippen LogP contribution in [0.1, 0.15) is 5.56 Å². The van der Waals surface area contributed by atoms with Crippen molar-refractivity contribution in [1.82, 2.24) is 14.5 Å². The Bertz CT molecular complexity index is 1730. The molecule has 40 heavy (non-hydrogen) atoms. The summed E-state index contributed by atoms with van der Waals surface area (Å²) in [6, 6.07) is 22.8. The molecule has 2 N–H and O–H groups in total. The largest absolute Gasteiger partial charge is 0.381 e. The van der Waals surface area contributed by atoms with Crippen molar-refractivity contribution in [2.75, 3.05) is 36.5 Å². The zero-order chi connectivity index (χ0) is 26.9. The van der Waals surface area contributed by atoms with E-state index in [0.717, 1.165) is 47.0 Å². The lowest BCUT2D eigenvalue weighted by atomic mass is 10.1. The van der Waals surface area contributed by atoms with Gasteiger partial charge in [0.25, 0.3) is 0 Å². The lowest BCUT2D eigenvalue weighted by molar-refractivity contribution is 0.122. The highest BCUT2D eigenvalue weighted by Gasteiger charge is 2.22. The Morgan fingerprint density at radius 3 is 2.62 bits per heavy atom. The third-order valence-electron chi connectivity index (χ3n) is 7.03. The molecule has 1 saturated heterocycles. The van der Waals surface area contributed by atoms with E-state index >= 15 is 0 Å². The maximum atomic E-state index is 12.6. The van der Waals surface area contributed by atoms with E-state index in [-0.39, 0.29) is 5.56 Å². The second kappa shape index (κ2) is 10.9. The van der Waals surface area contributed by atoms with Gasteiger partial charge < -0.3 is 24.5 Å². The number of nitrogens with one attached hydrogen (secondary N) is 2. The normalized spacial score (nSPS) is 14.4. The van der Waals surface area contributed by atoms with Gasteiger partial charge in [0.05, 0.1) is 30.8 Å². The highest BCUT2D eigenvalue weighted by Crippen LogP contribution is 2.52. The Morgan fingerprint density at radius 2 is 1.75 bits per heavy atom. The van der Waals surface area contributed by atoms with Crippen LogP contribution in [0, 0.1) is 0 Å². The minimum Gasteiger partial charge on any atom is -0.381 e. The van der Waals surface area contributed by atoms with Crippen LogP contribution in [0.15, 0.2) is 116 Å². The van der Waals surface area contributed by atoms with Crippen molar-refractivity contribution in [3.63, 3.8) is 0 Å². The van der Waals surface area contributed by atoms with Crippen LogP contribution in [0.2, 0.25) is 0 Å². The Labute approximate surface area is 240 Å². The van der Waals surface area contributed by atoms with Gasteiger partial charge in [-0.15, -0.1) is 0 Å². The molecule has 3 aromatic heterocycles.